The van der Waals surface area contributed by atoms with Gasteiger partial charge in [0.05, 0.1) is 6.33 Å². The first-order valence-electron chi connectivity index (χ1n) is 5.15. The largest absolute Gasteiger partial charge is 0.425 e. The molecule has 1 aromatic carbocycles. The topological polar surface area (TPSA) is 64.3 Å². The summed E-state index contributed by atoms with van der Waals surface area (Å²) in [6.07, 6.45) is 4.05. The van der Waals surface area contributed by atoms with Gasteiger partial charge in [0.1, 0.15) is 11.9 Å². The van der Waals surface area contributed by atoms with Crippen LogP contribution < -0.4 is 4.74 Å². The highest BCUT2D eigenvalue weighted by Crippen LogP contribution is 2.15. The Balaban J connectivity index is 2.11. The third kappa shape index (κ3) is 2.70. The van der Waals surface area contributed by atoms with Crippen LogP contribution in [0.3, 0.4) is 0 Å². The fraction of sp³-hybridized carbons (Fsp3) is 0.167. The molecule has 1 atom stereocenters. The maximum absolute atomic E-state index is 11.1. The average Bonchev–Trinajstić information content (AvgIpc) is 2.83. The van der Waals surface area contributed by atoms with E-state index in [1.54, 1.807) is 36.8 Å². The number of aliphatic hydroxyl groups is 1. The summed E-state index contributed by atoms with van der Waals surface area (Å²) in [5.41, 5.74) is 0.916. The van der Waals surface area contributed by atoms with Gasteiger partial charge in [-0.15, -0.1) is 0 Å². The maximum atomic E-state index is 11.1. The van der Waals surface area contributed by atoms with Crippen molar-refractivity contribution >= 4 is 5.97 Å². The van der Waals surface area contributed by atoms with Crippen LogP contribution in [0.25, 0.3) is 5.69 Å². The zero-order valence-electron chi connectivity index (χ0n) is 9.28. The Bertz CT molecular complexity index is 489. The molecule has 0 saturated heterocycles. The lowest BCUT2D eigenvalue weighted by atomic mass is 10.3. The smallest absolute Gasteiger partial charge is 0.340 e. The van der Waals surface area contributed by atoms with Gasteiger partial charge in [0.15, 0.2) is 0 Å². The number of nitrogens with zero attached hydrogens (tertiary/aromatic N) is 2. The fourth-order valence-electron chi connectivity index (χ4n) is 1.30. The van der Waals surface area contributed by atoms with E-state index in [9.17, 15) is 4.79 Å². The van der Waals surface area contributed by atoms with E-state index in [4.69, 9.17) is 9.84 Å². The van der Waals surface area contributed by atoms with Gasteiger partial charge in [0.2, 0.25) is 0 Å². The molecule has 88 valence electrons. The number of imidazole rings is 1. The molecule has 0 amide bonds. The van der Waals surface area contributed by atoms with Gasteiger partial charge >= 0.3 is 5.97 Å². The molecule has 0 bridgehead atoms. The molecule has 0 fully saturated rings. The number of rotatable bonds is 3. The predicted molar refractivity (Wildman–Crippen MR) is 60.9 cm³/mol. The molecule has 0 aliphatic rings. The van der Waals surface area contributed by atoms with E-state index >= 15 is 0 Å². The van der Waals surface area contributed by atoms with Crippen molar-refractivity contribution in [1.82, 2.24) is 9.55 Å². The van der Waals surface area contributed by atoms with Crippen LogP contribution >= 0.6 is 0 Å². The van der Waals surface area contributed by atoms with Crippen LogP contribution in [0.2, 0.25) is 0 Å². The monoisotopic (exact) mass is 232 g/mol. The van der Waals surface area contributed by atoms with Crippen LogP contribution in [0.5, 0.6) is 5.75 Å². The fourth-order valence-corrected chi connectivity index (χ4v) is 1.30. The maximum Gasteiger partial charge on any atom is 0.340 e. The summed E-state index contributed by atoms with van der Waals surface area (Å²) in [5.74, 6) is -0.264. The highest BCUT2D eigenvalue weighted by Gasteiger charge is 2.11. The first-order valence-corrected chi connectivity index (χ1v) is 5.15. The van der Waals surface area contributed by atoms with Crippen LogP contribution in [0, 0.1) is 0 Å². The zero-order valence-corrected chi connectivity index (χ0v) is 9.28. The number of aromatic nitrogens is 2. The minimum atomic E-state index is -1.12. The quantitative estimate of drug-likeness (QED) is 0.637. The van der Waals surface area contributed by atoms with Crippen molar-refractivity contribution in [3.05, 3.63) is 43.0 Å². The van der Waals surface area contributed by atoms with E-state index in [1.165, 1.54) is 6.92 Å². The zero-order chi connectivity index (χ0) is 12.3. The number of aliphatic hydroxyl groups excluding tert-OH is 1. The van der Waals surface area contributed by atoms with Crippen LogP contribution in [0.1, 0.15) is 6.92 Å². The highest BCUT2D eigenvalue weighted by atomic mass is 16.5. The second-order valence-electron chi connectivity index (χ2n) is 3.56. The van der Waals surface area contributed by atoms with Crippen molar-refractivity contribution in [2.75, 3.05) is 0 Å². The van der Waals surface area contributed by atoms with Gasteiger partial charge in [-0.2, -0.15) is 0 Å². The van der Waals surface area contributed by atoms with Gasteiger partial charge in [-0.3, -0.25) is 0 Å². The first kappa shape index (κ1) is 11.3. The summed E-state index contributed by atoms with van der Waals surface area (Å²) in [7, 11) is 0. The molecule has 1 heterocycles. The van der Waals surface area contributed by atoms with Crippen molar-refractivity contribution in [3.63, 3.8) is 0 Å². The van der Waals surface area contributed by atoms with E-state index in [0.717, 1.165) is 5.69 Å². The minimum Gasteiger partial charge on any atom is -0.425 e. The molecule has 1 N–H and O–H groups in total. The molecular weight excluding hydrogens is 220 g/mol. The number of carbonyl (C=O) groups excluding carboxylic acids is 1. The average molecular weight is 232 g/mol. The minimum absolute atomic E-state index is 0.403. The third-order valence-electron chi connectivity index (χ3n) is 2.20. The summed E-state index contributed by atoms with van der Waals surface area (Å²) < 4.78 is 6.77. The van der Waals surface area contributed by atoms with Crippen molar-refractivity contribution in [1.29, 1.82) is 0 Å². The van der Waals surface area contributed by atoms with Crippen LogP contribution in [0.15, 0.2) is 43.0 Å². The van der Waals surface area contributed by atoms with Gasteiger partial charge < -0.3 is 14.4 Å². The van der Waals surface area contributed by atoms with Crippen LogP contribution in [-0.2, 0) is 4.79 Å². The predicted octanol–water partition coefficient (Wildman–Crippen LogP) is 1.16. The molecule has 1 unspecified atom stereocenters. The molecule has 2 rings (SSSR count). The third-order valence-corrected chi connectivity index (χ3v) is 2.20. The lowest BCUT2D eigenvalue weighted by Crippen LogP contribution is -2.22. The first-order chi connectivity index (χ1) is 8.16. The number of hydrogen-bond acceptors (Lipinski definition) is 4. The van der Waals surface area contributed by atoms with Gasteiger partial charge in [-0.1, -0.05) is 0 Å². The molecule has 5 heteroatoms. The number of hydrogen-bond donors (Lipinski definition) is 1. The second-order valence-corrected chi connectivity index (χ2v) is 3.56. The van der Waals surface area contributed by atoms with Crippen LogP contribution in [0.4, 0.5) is 0 Å². The lowest BCUT2D eigenvalue weighted by Gasteiger charge is -2.07. The van der Waals surface area contributed by atoms with E-state index in [1.807, 2.05) is 10.8 Å². The molecule has 1 aromatic heterocycles. The summed E-state index contributed by atoms with van der Waals surface area (Å²) in [6.45, 7) is 1.36. The summed E-state index contributed by atoms with van der Waals surface area (Å²) >= 11 is 0. The molecule has 0 radical (unpaired) electrons. The van der Waals surface area contributed by atoms with Gasteiger partial charge in [-0.25, -0.2) is 9.78 Å². The molecule has 0 spiro atoms. The Morgan fingerprint density at radius 1 is 1.41 bits per heavy atom. The molecule has 5 nitrogen and oxygen atoms in total. The van der Waals surface area contributed by atoms with E-state index in [-0.39, 0.29) is 0 Å². The Morgan fingerprint density at radius 3 is 2.65 bits per heavy atom. The Kier molecular flexibility index (Phi) is 3.20. The van der Waals surface area contributed by atoms with E-state index < -0.39 is 12.1 Å². The van der Waals surface area contributed by atoms with Gasteiger partial charge in [0.25, 0.3) is 0 Å². The molecule has 0 aliphatic carbocycles. The second kappa shape index (κ2) is 4.80. The van der Waals surface area contributed by atoms with Gasteiger partial charge in [-0.05, 0) is 31.2 Å². The SMILES string of the molecule is CC(O)C(=O)Oc1ccc(-n2ccnc2)cc1. The van der Waals surface area contributed by atoms with Crippen molar-refractivity contribution < 1.29 is 14.6 Å². The van der Waals surface area contributed by atoms with E-state index in [0.29, 0.717) is 5.75 Å². The Hall–Kier alpha value is -2.14. The number of ether oxygens (including phenoxy) is 1. The summed E-state index contributed by atoms with van der Waals surface area (Å²) in [6, 6.07) is 6.92. The van der Waals surface area contributed by atoms with E-state index in [2.05, 4.69) is 4.98 Å². The normalized spacial score (nSPS) is 12.1. The molecule has 0 aliphatic heterocycles. The summed E-state index contributed by atoms with van der Waals surface area (Å²) in [5, 5.41) is 9.00. The Labute approximate surface area is 98.3 Å². The molecule has 0 saturated carbocycles. The number of benzene rings is 1. The number of esters is 1. The van der Waals surface area contributed by atoms with Crippen molar-refractivity contribution in [2.45, 2.75) is 13.0 Å². The van der Waals surface area contributed by atoms with Gasteiger partial charge in [0, 0.05) is 18.1 Å². The number of carbonyl (C=O) groups is 1. The molecular formula is C12H12N2O3. The highest BCUT2D eigenvalue weighted by molar-refractivity contribution is 5.76. The van der Waals surface area contributed by atoms with Crippen molar-refractivity contribution in [2.24, 2.45) is 0 Å². The van der Waals surface area contributed by atoms with Crippen molar-refractivity contribution in [3.8, 4) is 11.4 Å². The van der Waals surface area contributed by atoms with Crippen LogP contribution in [-0.4, -0.2) is 26.7 Å². The molecule has 2 aromatic rings. The Morgan fingerprint density at radius 2 is 2.12 bits per heavy atom. The lowest BCUT2D eigenvalue weighted by molar-refractivity contribution is -0.142. The standard InChI is InChI=1S/C12H12N2O3/c1-9(15)12(16)17-11-4-2-10(3-5-11)14-7-6-13-8-14/h2-9,15H,1H3. The molecule has 17 heavy (non-hydrogen) atoms. The summed E-state index contributed by atoms with van der Waals surface area (Å²) in [4.78, 5) is 15.1.